The Morgan fingerprint density at radius 2 is 1.67 bits per heavy atom. The lowest BCUT2D eigenvalue weighted by Gasteiger charge is -2.31. The Kier molecular flexibility index (Phi) is 4.66. The molecule has 0 atom stereocenters. The van der Waals surface area contributed by atoms with E-state index in [4.69, 9.17) is 0 Å². The van der Waals surface area contributed by atoms with Gasteiger partial charge in [0.15, 0.2) is 0 Å². The van der Waals surface area contributed by atoms with E-state index in [9.17, 15) is 0 Å². The van der Waals surface area contributed by atoms with Gasteiger partial charge in [-0.05, 0) is 67.8 Å². The van der Waals surface area contributed by atoms with Crippen LogP contribution in [0.25, 0.3) is 10.9 Å². The van der Waals surface area contributed by atoms with Gasteiger partial charge >= 0.3 is 0 Å². The molecular weight excluding hydrogens is 292 g/mol. The van der Waals surface area contributed by atoms with Gasteiger partial charge in [-0.2, -0.15) is 0 Å². The van der Waals surface area contributed by atoms with Crippen molar-refractivity contribution in [1.29, 1.82) is 0 Å². The van der Waals surface area contributed by atoms with Gasteiger partial charge in [0.05, 0.1) is 0 Å². The van der Waals surface area contributed by atoms with Crippen LogP contribution in [-0.4, -0.2) is 23.0 Å². The molecule has 0 unspecified atom stereocenters. The maximum absolute atomic E-state index is 3.56. The summed E-state index contributed by atoms with van der Waals surface area (Å²) < 4.78 is 0. The third-order valence-electron chi connectivity index (χ3n) is 5.37. The highest BCUT2D eigenvalue weighted by molar-refractivity contribution is 5.80. The van der Waals surface area contributed by atoms with E-state index in [1.165, 1.54) is 60.9 Å². The molecule has 2 heteroatoms. The maximum atomic E-state index is 3.56. The molecule has 3 aromatic rings. The van der Waals surface area contributed by atoms with Crippen molar-refractivity contribution in [2.75, 3.05) is 13.1 Å². The topological polar surface area (TPSA) is 19.0 Å². The Morgan fingerprint density at radius 3 is 2.46 bits per heavy atom. The van der Waals surface area contributed by atoms with Gasteiger partial charge < -0.3 is 4.98 Å². The molecule has 1 fully saturated rings. The van der Waals surface area contributed by atoms with E-state index in [2.05, 4.69) is 70.5 Å². The number of likely N-dealkylation sites (tertiary alicyclic amines) is 1. The third kappa shape index (κ3) is 3.70. The third-order valence-corrected chi connectivity index (χ3v) is 5.37. The Morgan fingerprint density at radius 1 is 0.917 bits per heavy atom. The van der Waals surface area contributed by atoms with Crippen molar-refractivity contribution in [1.82, 2.24) is 9.88 Å². The first-order valence-electron chi connectivity index (χ1n) is 9.20. The number of H-pyrrole nitrogens is 1. The highest BCUT2D eigenvalue weighted by atomic mass is 15.1. The summed E-state index contributed by atoms with van der Waals surface area (Å²) in [5, 5.41) is 1.32. The minimum Gasteiger partial charge on any atom is -0.357 e. The second-order valence-electron chi connectivity index (χ2n) is 7.13. The van der Waals surface area contributed by atoms with Crippen molar-refractivity contribution in [2.45, 2.75) is 32.2 Å². The molecule has 1 aromatic heterocycles. The molecule has 2 heterocycles. The van der Waals surface area contributed by atoms with Gasteiger partial charge in [-0.3, -0.25) is 4.90 Å². The summed E-state index contributed by atoms with van der Waals surface area (Å²) in [4.78, 5) is 6.16. The fourth-order valence-corrected chi connectivity index (χ4v) is 3.91. The summed E-state index contributed by atoms with van der Waals surface area (Å²) in [6.45, 7) is 3.52. The number of hydrogen-bond donors (Lipinski definition) is 1. The molecule has 24 heavy (non-hydrogen) atoms. The van der Waals surface area contributed by atoms with Gasteiger partial charge in [-0.15, -0.1) is 0 Å². The van der Waals surface area contributed by atoms with Crippen LogP contribution in [0.5, 0.6) is 0 Å². The van der Waals surface area contributed by atoms with Crippen LogP contribution < -0.4 is 0 Å². The van der Waals surface area contributed by atoms with Crippen molar-refractivity contribution in [3.63, 3.8) is 0 Å². The smallest absolute Gasteiger partial charge is 0.0456 e. The van der Waals surface area contributed by atoms with Crippen LogP contribution in [0.3, 0.4) is 0 Å². The zero-order valence-corrected chi connectivity index (χ0v) is 14.2. The predicted octanol–water partition coefficient (Wildman–Crippen LogP) is 5.01. The Labute approximate surface area is 144 Å². The SMILES string of the molecule is c1ccc(CCC2CCN(Cc3cc4ccccc4[nH]3)CC2)cc1. The maximum Gasteiger partial charge on any atom is 0.0456 e. The zero-order valence-electron chi connectivity index (χ0n) is 14.2. The number of aryl methyl sites for hydroxylation is 1. The van der Waals surface area contributed by atoms with Crippen molar-refractivity contribution >= 4 is 10.9 Å². The second kappa shape index (κ2) is 7.23. The largest absolute Gasteiger partial charge is 0.357 e. The predicted molar refractivity (Wildman–Crippen MR) is 101 cm³/mol. The molecule has 1 aliphatic rings. The molecule has 1 aliphatic heterocycles. The average Bonchev–Trinajstić information content (AvgIpc) is 3.04. The summed E-state index contributed by atoms with van der Waals surface area (Å²) in [6.07, 6.45) is 5.25. The van der Waals surface area contributed by atoms with Gasteiger partial charge in [-0.1, -0.05) is 48.5 Å². The molecule has 0 amide bonds. The quantitative estimate of drug-likeness (QED) is 0.700. The van der Waals surface area contributed by atoms with E-state index >= 15 is 0 Å². The highest BCUT2D eigenvalue weighted by Gasteiger charge is 2.19. The standard InChI is InChI=1S/C22H26N2/c1-2-6-18(7-3-1)10-11-19-12-14-24(15-13-19)17-21-16-20-8-4-5-9-22(20)23-21/h1-9,16,19,23H,10-15,17H2. The Bertz CT molecular complexity index is 734. The van der Waals surface area contributed by atoms with Crippen LogP contribution in [0.1, 0.15) is 30.5 Å². The number of para-hydroxylation sites is 1. The van der Waals surface area contributed by atoms with Crippen LogP contribution in [0, 0.1) is 5.92 Å². The van der Waals surface area contributed by atoms with Crippen molar-refractivity contribution < 1.29 is 0 Å². The average molecular weight is 318 g/mol. The van der Waals surface area contributed by atoms with Crippen LogP contribution >= 0.6 is 0 Å². The van der Waals surface area contributed by atoms with Gasteiger partial charge in [0.2, 0.25) is 0 Å². The fourth-order valence-electron chi connectivity index (χ4n) is 3.91. The van der Waals surface area contributed by atoms with Gasteiger partial charge in [0.25, 0.3) is 0 Å². The molecule has 0 spiro atoms. The molecular formula is C22H26N2. The lowest BCUT2D eigenvalue weighted by atomic mass is 9.90. The normalized spacial score (nSPS) is 16.7. The molecule has 124 valence electrons. The zero-order chi connectivity index (χ0) is 16.2. The van der Waals surface area contributed by atoms with Gasteiger partial charge in [0.1, 0.15) is 0 Å². The molecule has 1 saturated heterocycles. The summed E-state index contributed by atoms with van der Waals surface area (Å²) >= 11 is 0. The molecule has 0 bridgehead atoms. The number of aromatic amines is 1. The molecule has 0 saturated carbocycles. The minimum atomic E-state index is 0.893. The van der Waals surface area contributed by atoms with Gasteiger partial charge in [-0.25, -0.2) is 0 Å². The van der Waals surface area contributed by atoms with Crippen LogP contribution in [0.4, 0.5) is 0 Å². The summed E-state index contributed by atoms with van der Waals surface area (Å²) in [7, 11) is 0. The highest BCUT2D eigenvalue weighted by Crippen LogP contribution is 2.24. The first kappa shape index (κ1) is 15.5. The molecule has 2 nitrogen and oxygen atoms in total. The number of aromatic nitrogens is 1. The van der Waals surface area contributed by atoms with E-state index in [-0.39, 0.29) is 0 Å². The minimum absolute atomic E-state index is 0.893. The van der Waals surface area contributed by atoms with Crippen LogP contribution in [-0.2, 0) is 13.0 Å². The van der Waals surface area contributed by atoms with Gasteiger partial charge in [0, 0.05) is 17.8 Å². The number of hydrogen-bond acceptors (Lipinski definition) is 1. The van der Waals surface area contributed by atoms with E-state index < -0.39 is 0 Å². The van der Waals surface area contributed by atoms with E-state index in [0.717, 1.165) is 12.5 Å². The van der Waals surface area contributed by atoms with Crippen LogP contribution in [0.15, 0.2) is 60.7 Å². The molecule has 4 rings (SSSR count). The van der Waals surface area contributed by atoms with E-state index in [0.29, 0.717) is 0 Å². The number of fused-ring (bicyclic) bond motifs is 1. The number of nitrogens with one attached hydrogen (secondary N) is 1. The molecule has 2 aromatic carbocycles. The first-order chi connectivity index (χ1) is 11.9. The Balaban J connectivity index is 1.27. The second-order valence-corrected chi connectivity index (χ2v) is 7.13. The number of benzene rings is 2. The Hall–Kier alpha value is -2.06. The summed E-state index contributed by atoms with van der Waals surface area (Å²) in [5.41, 5.74) is 4.09. The van der Waals surface area contributed by atoms with Crippen molar-refractivity contribution in [3.05, 3.63) is 71.9 Å². The number of rotatable bonds is 5. The van der Waals surface area contributed by atoms with Crippen molar-refractivity contribution in [2.24, 2.45) is 5.92 Å². The molecule has 1 N–H and O–H groups in total. The lowest BCUT2D eigenvalue weighted by molar-refractivity contribution is 0.171. The lowest BCUT2D eigenvalue weighted by Crippen LogP contribution is -2.33. The summed E-state index contributed by atoms with van der Waals surface area (Å²) in [6, 6.07) is 21.8. The first-order valence-corrected chi connectivity index (χ1v) is 9.20. The molecule has 0 radical (unpaired) electrons. The summed E-state index contributed by atoms with van der Waals surface area (Å²) in [5.74, 6) is 0.893. The van der Waals surface area contributed by atoms with Crippen molar-refractivity contribution in [3.8, 4) is 0 Å². The number of nitrogens with zero attached hydrogens (tertiary/aromatic N) is 1. The monoisotopic (exact) mass is 318 g/mol. The number of piperidine rings is 1. The van der Waals surface area contributed by atoms with Crippen LogP contribution in [0.2, 0.25) is 0 Å². The molecule has 0 aliphatic carbocycles. The fraction of sp³-hybridized carbons (Fsp3) is 0.364. The van der Waals surface area contributed by atoms with E-state index in [1.54, 1.807) is 0 Å². The van der Waals surface area contributed by atoms with E-state index in [1.807, 2.05) is 0 Å².